The molecule has 0 spiro atoms. The molecule has 0 rings (SSSR count). The molecule has 0 heterocycles. The highest BCUT2D eigenvalue weighted by Crippen LogP contribution is 2.26. The average molecular weight is 297 g/mol. The molecule has 108 valence electrons. The summed E-state index contributed by atoms with van der Waals surface area (Å²) in [5, 5.41) is 0. The van der Waals surface area contributed by atoms with E-state index < -0.39 is 15.6 Å². The van der Waals surface area contributed by atoms with E-state index >= 15 is 0 Å². The van der Waals surface area contributed by atoms with Gasteiger partial charge in [0.15, 0.2) is 0 Å². The molecule has 0 aromatic heterocycles. The number of rotatable bonds is 3. The second kappa shape index (κ2) is 11.3. The van der Waals surface area contributed by atoms with Crippen molar-refractivity contribution in [1.82, 2.24) is 4.90 Å². The largest absolute Gasteiger partial charge is 0.466 e. The Morgan fingerprint density at radius 3 is 0.824 bits per heavy atom. The Morgan fingerprint density at radius 2 is 0.824 bits per heavy atom. The van der Waals surface area contributed by atoms with Gasteiger partial charge in [-0.3, -0.25) is 0 Å². The zero-order valence-corrected chi connectivity index (χ0v) is 11.8. The summed E-state index contributed by atoms with van der Waals surface area (Å²) >= 11 is 0. The third-order valence-corrected chi connectivity index (χ3v) is 1.34. The molecule has 11 heteroatoms. The van der Waals surface area contributed by atoms with E-state index in [2.05, 4.69) is 25.7 Å². The van der Waals surface area contributed by atoms with Crippen molar-refractivity contribution in [2.24, 2.45) is 0 Å². The molecule has 0 saturated heterocycles. The van der Waals surface area contributed by atoms with Gasteiger partial charge in [0.1, 0.15) is 0 Å². The van der Waals surface area contributed by atoms with Crippen molar-refractivity contribution in [2.75, 3.05) is 19.6 Å². The number of phosphoric acid groups is 2. The van der Waals surface area contributed by atoms with Gasteiger partial charge in [-0.25, -0.2) is 9.13 Å². The van der Waals surface area contributed by atoms with E-state index in [9.17, 15) is 0 Å². The van der Waals surface area contributed by atoms with E-state index in [1.54, 1.807) is 0 Å². The van der Waals surface area contributed by atoms with E-state index in [0.29, 0.717) is 0 Å². The predicted octanol–water partition coefficient (Wildman–Crippen LogP) is -0.509. The molecule has 0 aromatic carbocycles. The highest BCUT2D eigenvalue weighted by atomic mass is 31.2. The van der Waals surface area contributed by atoms with E-state index in [1.807, 2.05) is 0 Å². The van der Waals surface area contributed by atoms with Crippen LogP contribution in [0.3, 0.4) is 0 Å². The molecular weight excluding hydrogens is 276 g/mol. The Bertz CT molecular complexity index is 202. The standard InChI is InChI=1S/C6H15N.2H3O4P/c1-4-7(5-2)6-3;2*1-5(2,3)4/h4-6H2,1-3H3;2*(H3,1,2,3,4). The molecule has 0 aliphatic heterocycles. The lowest BCUT2D eigenvalue weighted by atomic mass is 10.5. The average Bonchev–Trinajstić information content (AvgIpc) is 2.01. The number of nitrogens with zero attached hydrogens (tertiary/aromatic N) is 1. The van der Waals surface area contributed by atoms with Crippen LogP contribution in [0.5, 0.6) is 0 Å². The van der Waals surface area contributed by atoms with E-state index in [1.165, 1.54) is 19.6 Å². The summed E-state index contributed by atoms with van der Waals surface area (Å²) in [7, 11) is -9.28. The molecule has 0 unspecified atom stereocenters. The lowest BCUT2D eigenvalue weighted by molar-refractivity contribution is 0.272. The topological polar surface area (TPSA) is 159 Å². The maximum absolute atomic E-state index is 8.88. The minimum atomic E-state index is -4.64. The van der Waals surface area contributed by atoms with Crippen molar-refractivity contribution in [1.29, 1.82) is 0 Å². The number of hydrogen-bond donors (Lipinski definition) is 6. The Balaban J connectivity index is -0.000000177. The SMILES string of the molecule is CCN(CC)CC.O=P(O)(O)O.O=P(O)(O)O. The first-order valence-electron chi connectivity index (χ1n) is 4.64. The van der Waals surface area contributed by atoms with Crippen molar-refractivity contribution in [3.05, 3.63) is 0 Å². The molecule has 6 N–H and O–H groups in total. The maximum atomic E-state index is 8.88. The van der Waals surface area contributed by atoms with Gasteiger partial charge >= 0.3 is 15.6 Å². The van der Waals surface area contributed by atoms with Crippen molar-refractivity contribution in [3.63, 3.8) is 0 Å². The molecule has 0 aliphatic rings. The normalized spacial score (nSPS) is 11.2. The number of hydrogen-bond acceptors (Lipinski definition) is 3. The Morgan fingerprint density at radius 1 is 0.706 bits per heavy atom. The van der Waals surface area contributed by atoms with Crippen molar-refractivity contribution >= 4 is 15.6 Å². The summed E-state index contributed by atoms with van der Waals surface area (Å²) in [5.74, 6) is 0. The summed E-state index contributed by atoms with van der Waals surface area (Å²) in [6.07, 6.45) is 0. The van der Waals surface area contributed by atoms with Crippen LogP contribution in [0.4, 0.5) is 0 Å². The van der Waals surface area contributed by atoms with E-state index in [4.69, 9.17) is 38.5 Å². The Kier molecular flexibility index (Phi) is 14.8. The molecule has 0 fully saturated rings. The maximum Gasteiger partial charge on any atom is 0.466 e. The Hall–Kier alpha value is 0.180. The van der Waals surface area contributed by atoms with Gasteiger partial charge in [-0.1, -0.05) is 20.8 Å². The second-order valence-corrected chi connectivity index (χ2v) is 4.70. The highest BCUT2D eigenvalue weighted by Gasteiger charge is 2.00. The molecule has 0 aliphatic carbocycles. The lowest BCUT2D eigenvalue weighted by Gasteiger charge is -2.13. The molecule has 17 heavy (non-hydrogen) atoms. The fraction of sp³-hybridized carbons (Fsp3) is 1.00. The van der Waals surface area contributed by atoms with Gasteiger partial charge in [-0.15, -0.1) is 0 Å². The molecule has 0 saturated carbocycles. The quantitative estimate of drug-likeness (QED) is 0.377. The van der Waals surface area contributed by atoms with Crippen LogP contribution >= 0.6 is 15.6 Å². The molecule has 0 amide bonds. The van der Waals surface area contributed by atoms with Gasteiger partial charge in [0.05, 0.1) is 0 Å². The third kappa shape index (κ3) is 85.2. The smallest absolute Gasteiger partial charge is 0.304 e. The van der Waals surface area contributed by atoms with E-state index in [0.717, 1.165) is 0 Å². The van der Waals surface area contributed by atoms with Gasteiger partial charge < -0.3 is 34.3 Å². The summed E-state index contributed by atoms with van der Waals surface area (Å²) in [4.78, 5) is 45.5. The molecule has 0 aromatic rings. The van der Waals surface area contributed by atoms with Crippen molar-refractivity contribution in [2.45, 2.75) is 20.8 Å². The fourth-order valence-electron chi connectivity index (χ4n) is 0.671. The molecule has 0 atom stereocenters. The summed E-state index contributed by atoms with van der Waals surface area (Å²) in [6.45, 7) is 10.1. The van der Waals surface area contributed by atoms with E-state index in [-0.39, 0.29) is 0 Å². The van der Waals surface area contributed by atoms with Crippen LogP contribution in [-0.2, 0) is 9.13 Å². The van der Waals surface area contributed by atoms with Crippen molar-refractivity contribution < 1.29 is 38.5 Å². The summed E-state index contributed by atoms with van der Waals surface area (Å²) in [5.41, 5.74) is 0. The molecule has 0 radical (unpaired) electrons. The minimum Gasteiger partial charge on any atom is -0.304 e. The fourth-order valence-corrected chi connectivity index (χ4v) is 0.671. The van der Waals surface area contributed by atoms with Crippen LogP contribution in [0.15, 0.2) is 0 Å². The monoisotopic (exact) mass is 297 g/mol. The highest BCUT2D eigenvalue weighted by molar-refractivity contribution is 7.45. The van der Waals surface area contributed by atoms with Gasteiger partial charge in [0, 0.05) is 0 Å². The van der Waals surface area contributed by atoms with Gasteiger partial charge in [-0.05, 0) is 19.6 Å². The zero-order chi connectivity index (χ0) is 14.7. The summed E-state index contributed by atoms with van der Waals surface area (Å²) in [6, 6.07) is 0. The van der Waals surface area contributed by atoms with Crippen LogP contribution in [0.25, 0.3) is 0 Å². The van der Waals surface area contributed by atoms with Gasteiger partial charge in [0.2, 0.25) is 0 Å². The third-order valence-electron chi connectivity index (χ3n) is 1.34. The van der Waals surface area contributed by atoms with Crippen LogP contribution in [-0.4, -0.2) is 53.9 Å². The van der Waals surface area contributed by atoms with Crippen LogP contribution < -0.4 is 0 Å². The van der Waals surface area contributed by atoms with Crippen LogP contribution in [0, 0.1) is 0 Å². The van der Waals surface area contributed by atoms with Crippen LogP contribution in [0.2, 0.25) is 0 Å². The van der Waals surface area contributed by atoms with Gasteiger partial charge in [0.25, 0.3) is 0 Å². The zero-order valence-electron chi connectivity index (χ0n) is 9.96. The Labute approximate surface area is 100 Å². The predicted molar refractivity (Wildman–Crippen MR) is 62.0 cm³/mol. The first kappa shape index (κ1) is 22.4. The summed E-state index contributed by atoms with van der Waals surface area (Å²) < 4.78 is 17.8. The molecule has 9 nitrogen and oxygen atoms in total. The minimum absolute atomic E-state index is 1.19. The molecular formula is C6H21NO8P2. The lowest BCUT2D eigenvalue weighted by Crippen LogP contribution is -2.21. The van der Waals surface area contributed by atoms with Crippen molar-refractivity contribution in [3.8, 4) is 0 Å². The first-order valence-corrected chi connectivity index (χ1v) is 7.77. The van der Waals surface area contributed by atoms with Gasteiger partial charge in [-0.2, -0.15) is 0 Å². The van der Waals surface area contributed by atoms with Crippen LogP contribution in [0.1, 0.15) is 20.8 Å². The second-order valence-electron chi connectivity index (χ2n) is 2.65. The molecule has 0 bridgehead atoms. The first-order chi connectivity index (χ1) is 7.35.